The predicted molar refractivity (Wildman–Crippen MR) is 119 cm³/mol. The molecule has 1 N–H and O–H groups in total. The van der Waals surface area contributed by atoms with E-state index in [0.29, 0.717) is 41.9 Å². The monoisotopic (exact) mass is 434 g/mol. The van der Waals surface area contributed by atoms with Gasteiger partial charge in [0.15, 0.2) is 0 Å². The normalized spacial score (nSPS) is 16.0. The van der Waals surface area contributed by atoms with Crippen molar-refractivity contribution in [2.75, 3.05) is 26.8 Å². The topological polar surface area (TPSA) is 54.3 Å². The zero-order chi connectivity index (χ0) is 22.5. The number of halogens is 2. The van der Waals surface area contributed by atoms with Gasteiger partial charge in [0, 0.05) is 25.8 Å². The molecule has 1 aliphatic rings. The Morgan fingerprint density at radius 3 is 2.50 bits per heavy atom. The summed E-state index contributed by atoms with van der Waals surface area (Å²) in [4.78, 5) is 0. The Morgan fingerprint density at radius 2 is 1.81 bits per heavy atom. The highest BCUT2D eigenvalue weighted by Crippen LogP contribution is 2.36. The lowest BCUT2D eigenvalue weighted by atomic mass is 9.90. The molecule has 4 rings (SSSR count). The molecule has 4 nitrogen and oxygen atoms in total. The fraction of sp³-hybridized carbons (Fsp3) is 0.269. The van der Waals surface area contributed by atoms with Gasteiger partial charge in [-0.25, -0.2) is 8.78 Å². The molecule has 0 radical (unpaired) electrons. The summed E-state index contributed by atoms with van der Waals surface area (Å²) in [5.41, 5.74) is 4.09. The summed E-state index contributed by atoms with van der Waals surface area (Å²) in [6.07, 6.45) is 0.735. The van der Waals surface area contributed by atoms with Gasteiger partial charge in [-0.05, 0) is 52.4 Å². The number of nitrogens with one attached hydrogen (secondary N) is 1. The van der Waals surface area contributed by atoms with E-state index in [9.17, 15) is 4.39 Å². The predicted octanol–water partition coefficient (Wildman–Crippen LogP) is 4.85. The summed E-state index contributed by atoms with van der Waals surface area (Å²) in [7, 11) is 1.56. The summed E-state index contributed by atoms with van der Waals surface area (Å²) in [6, 6.07) is 17.1. The van der Waals surface area contributed by atoms with Crippen LogP contribution in [0.3, 0.4) is 0 Å². The summed E-state index contributed by atoms with van der Waals surface area (Å²) in [6.45, 7) is 2.58. The average molecular weight is 434 g/mol. The maximum absolute atomic E-state index is 15.0. The minimum absolute atomic E-state index is 0.0248. The standard InChI is InChI=1S/C26H24F2N2O2/c1-31-16-18-3-7-23(26(28)12-18)22-6-2-17(10-21-15-30-8-9-32-21)11-24(22)19-4-5-20(14-29)25(27)13-19/h2-7,11-13,21,30H,8-10,15-16H2,1H3. The molecule has 0 saturated carbocycles. The second-order valence-corrected chi connectivity index (χ2v) is 7.83. The van der Waals surface area contributed by atoms with Crippen molar-refractivity contribution in [3.05, 3.63) is 82.9 Å². The maximum Gasteiger partial charge on any atom is 0.141 e. The van der Waals surface area contributed by atoms with Gasteiger partial charge in [0.25, 0.3) is 0 Å². The van der Waals surface area contributed by atoms with Gasteiger partial charge in [0.05, 0.1) is 24.9 Å². The molecule has 1 fully saturated rings. The van der Waals surface area contributed by atoms with Crippen LogP contribution in [-0.4, -0.2) is 32.9 Å². The SMILES string of the molecule is COCc1ccc(-c2ccc(CC3CNCCO3)cc2-c2ccc(C#N)c(F)c2)c(F)c1. The second kappa shape index (κ2) is 10.0. The van der Waals surface area contributed by atoms with Crippen molar-refractivity contribution in [2.24, 2.45) is 0 Å². The lowest BCUT2D eigenvalue weighted by molar-refractivity contribution is 0.0292. The Balaban J connectivity index is 1.78. The molecule has 6 heteroatoms. The van der Waals surface area contributed by atoms with Crippen LogP contribution in [0.15, 0.2) is 54.6 Å². The largest absolute Gasteiger partial charge is 0.380 e. The summed E-state index contributed by atoms with van der Waals surface area (Å²) in [5, 5.41) is 12.4. The number of hydrogen-bond donors (Lipinski definition) is 1. The molecule has 1 aliphatic heterocycles. The zero-order valence-corrected chi connectivity index (χ0v) is 17.8. The highest BCUT2D eigenvalue weighted by molar-refractivity contribution is 5.84. The van der Waals surface area contributed by atoms with Crippen molar-refractivity contribution >= 4 is 0 Å². The van der Waals surface area contributed by atoms with Crippen LogP contribution in [0.25, 0.3) is 22.3 Å². The summed E-state index contributed by atoms with van der Waals surface area (Å²) < 4.78 is 40.4. The highest BCUT2D eigenvalue weighted by Gasteiger charge is 2.18. The summed E-state index contributed by atoms with van der Waals surface area (Å²) >= 11 is 0. The number of morpholine rings is 1. The van der Waals surface area contributed by atoms with Gasteiger partial charge in [0.1, 0.15) is 17.7 Å². The molecule has 0 bridgehead atoms. The lowest BCUT2D eigenvalue weighted by Crippen LogP contribution is -2.39. The Bertz CT molecular complexity index is 1150. The van der Waals surface area contributed by atoms with E-state index in [1.165, 1.54) is 18.2 Å². The molecule has 0 aliphatic carbocycles. The first kappa shape index (κ1) is 22.1. The molecule has 0 amide bonds. The lowest BCUT2D eigenvalue weighted by Gasteiger charge is -2.24. The third-order valence-corrected chi connectivity index (χ3v) is 5.59. The number of benzene rings is 3. The van der Waals surface area contributed by atoms with Crippen molar-refractivity contribution in [3.63, 3.8) is 0 Å². The van der Waals surface area contributed by atoms with E-state index in [0.717, 1.165) is 24.2 Å². The number of nitriles is 1. The van der Waals surface area contributed by atoms with E-state index in [2.05, 4.69) is 5.32 Å². The average Bonchev–Trinajstić information content (AvgIpc) is 2.80. The van der Waals surface area contributed by atoms with E-state index in [1.807, 2.05) is 30.3 Å². The number of ether oxygens (including phenoxy) is 2. The van der Waals surface area contributed by atoms with Crippen molar-refractivity contribution in [3.8, 4) is 28.3 Å². The molecule has 1 unspecified atom stereocenters. The zero-order valence-electron chi connectivity index (χ0n) is 17.8. The molecule has 1 heterocycles. The van der Waals surface area contributed by atoms with E-state index in [-0.39, 0.29) is 17.5 Å². The fourth-order valence-corrected chi connectivity index (χ4v) is 4.01. The van der Waals surface area contributed by atoms with E-state index >= 15 is 4.39 Å². The van der Waals surface area contributed by atoms with Crippen LogP contribution in [0.2, 0.25) is 0 Å². The first-order valence-electron chi connectivity index (χ1n) is 10.5. The molecule has 32 heavy (non-hydrogen) atoms. The molecule has 0 spiro atoms. The Hall–Kier alpha value is -3.11. The third-order valence-electron chi connectivity index (χ3n) is 5.59. The van der Waals surface area contributed by atoms with Gasteiger partial charge in [-0.2, -0.15) is 5.26 Å². The second-order valence-electron chi connectivity index (χ2n) is 7.83. The van der Waals surface area contributed by atoms with Crippen molar-refractivity contribution in [1.82, 2.24) is 5.32 Å². The third kappa shape index (κ3) is 4.86. The van der Waals surface area contributed by atoms with Crippen LogP contribution in [0.4, 0.5) is 8.78 Å². The van der Waals surface area contributed by atoms with Gasteiger partial charge < -0.3 is 14.8 Å². The molecule has 3 aromatic carbocycles. The number of rotatable bonds is 6. The van der Waals surface area contributed by atoms with Gasteiger partial charge >= 0.3 is 0 Å². The number of methoxy groups -OCH3 is 1. The van der Waals surface area contributed by atoms with Crippen LogP contribution in [0.5, 0.6) is 0 Å². The first-order valence-corrected chi connectivity index (χ1v) is 10.5. The molecule has 3 aromatic rings. The molecule has 0 aromatic heterocycles. The quantitative estimate of drug-likeness (QED) is 0.603. The van der Waals surface area contributed by atoms with Gasteiger partial charge in [0.2, 0.25) is 0 Å². The molecule has 1 atom stereocenters. The fourth-order valence-electron chi connectivity index (χ4n) is 4.01. The minimum Gasteiger partial charge on any atom is -0.380 e. The van der Waals surface area contributed by atoms with Gasteiger partial charge in [-0.1, -0.05) is 36.4 Å². The minimum atomic E-state index is -0.600. The molecular weight excluding hydrogens is 410 g/mol. The molecule has 164 valence electrons. The number of nitrogens with zero attached hydrogens (tertiary/aromatic N) is 1. The molecular formula is C26H24F2N2O2. The van der Waals surface area contributed by atoms with Crippen molar-refractivity contribution in [1.29, 1.82) is 5.26 Å². The van der Waals surface area contributed by atoms with Gasteiger partial charge in [-0.15, -0.1) is 0 Å². The Kier molecular flexibility index (Phi) is 6.91. The van der Waals surface area contributed by atoms with Crippen LogP contribution in [0, 0.1) is 23.0 Å². The van der Waals surface area contributed by atoms with Crippen LogP contribution in [0.1, 0.15) is 16.7 Å². The van der Waals surface area contributed by atoms with E-state index in [4.69, 9.17) is 14.7 Å². The van der Waals surface area contributed by atoms with E-state index < -0.39 is 5.82 Å². The van der Waals surface area contributed by atoms with E-state index in [1.54, 1.807) is 19.2 Å². The van der Waals surface area contributed by atoms with Crippen LogP contribution >= 0.6 is 0 Å². The van der Waals surface area contributed by atoms with Gasteiger partial charge in [-0.3, -0.25) is 0 Å². The van der Waals surface area contributed by atoms with Crippen LogP contribution in [-0.2, 0) is 22.5 Å². The maximum atomic E-state index is 15.0. The Labute approximate surface area is 186 Å². The Morgan fingerprint density at radius 1 is 1.00 bits per heavy atom. The summed E-state index contributed by atoms with van der Waals surface area (Å²) in [5.74, 6) is -0.973. The number of hydrogen-bond acceptors (Lipinski definition) is 4. The smallest absolute Gasteiger partial charge is 0.141 e. The van der Waals surface area contributed by atoms with Crippen molar-refractivity contribution < 1.29 is 18.3 Å². The molecule has 1 saturated heterocycles. The first-order chi connectivity index (χ1) is 15.6. The van der Waals surface area contributed by atoms with Crippen molar-refractivity contribution in [2.45, 2.75) is 19.1 Å². The van der Waals surface area contributed by atoms with Crippen LogP contribution < -0.4 is 5.32 Å². The highest BCUT2D eigenvalue weighted by atomic mass is 19.1.